The van der Waals surface area contributed by atoms with Crippen LogP contribution in [0, 0.1) is 0 Å². The lowest BCUT2D eigenvalue weighted by Crippen LogP contribution is -2.08. The van der Waals surface area contributed by atoms with Crippen molar-refractivity contribution in [2.24, 2.45) is 0 Å². The maximum Gasteiger partial charge on any atom is 0.417 e. The van der Waals surface area contributed by atoms with Gasteiger partial charge in [-0.05, 0) is 61.0 Å². The third-order valence-electron chi connectivity index (χ3n) is 6.48. The van der Waals surface area contributed by atoms with Crippen molar-refractivity contribution in [3.8, 4) is 34.0 Å². The van der Waals surface area contributed by atoms with Gasteiger partial charge < -0.3 is 4.74 Å². The van der Waals surface area contributed by atoms with Crippen LogP contribution in [0.3, 0.4) is 0 Å². The molecule has 2 aromatic heterocycles. The number of para-hydroxylation sites is 1. The van der Waals surface area contributed by atoms with Crippen LogP contribution >= 0.6 is 11.6 Å². The number of hydrogen-bond acceptors (Lipinski definition) is 3. The van der Waals surface area contributed by atoms with Gasteiger partial charge in [0, 0.05) is 16.1 Å². The van der Waals surface area contributed by atoms with Crippen molar-refractivity contribution in [1.82, 2.24) is 14.8 Å². The van der Waals surface area contributed by atoms with Gasteiger partial charge >= 0.3 is 6.18 Å². The lowest BCUT2D eigenvalue weighted by atomic mass is 10.0. The Morgan fingerprint density at radius 3 is 2.21 bits per heavy atom. The summed E-state index contributed by atoms with van der Waals surface area (Å²) < 4.78 is 51.0. The molecular formula is C31H27ClF3N3O. The van der Waals surface area contributed by atoms with Gasteiger partial charge in [-0.2, -0.15) is 18.3 Å². The molecule has 5 rings (SSSR count). The molecule has 4 nitrogen and oxygen atoms in total. The Kier molecular flexibility index (Phi) is 7.89. The highest BCUT2D eigenvalue weighted by Crippen LogP contribution is 2.41. The van der Waals surface area contributed by atoms with Crippen LogP contribution < -0.4 is 4.74 Å². The van der Waals surface area contributed by atoms with Gasteiger partial charge in [-0.1, -0.05) is 68.1 Å². The number of alkyl halides is 3. The van der Waals surface area contributed by atoms with Crippen molar-refractivity contribution in [3.63, 3.8) is 0 Å². The number of ether oxygens (including phenoxy) is 1. The number of fused-ring (bicyclic) bond motifs is 1. The number of halogens is 4. The van der Waals surface area contributed by atoms with E-state index in [1.54, 1.807) is 72.8 Å². The molecule has 0 spiro atoms. The molecule has 0 saturated heterocycles. The topological polar surface area (TPSA) is 39.9 Å². The van der Waals surface area contributed by atoms with Gasteiger partial charge in [0.15, 0.2) is 5.65 Å². The predicted octanol–water partition coefficient (Wildman–Crippen LogP) is 9.39. The van der Waals surface area contributed by atoms with Crippen LogP contribution in [0.5, 0.6) is 5.75 Å². The fourth-order valence-corrected chi connectivity index (χ4v) is 4.61. The first-order valence-corrected chi connectivity index (χ1v) is 13.3. The Labute approximate surface area is 230 Å². The minimum Gasteiger partial charge on any atom is -0.494 e. The van der Waals surface area contributed by atoms with Crippen molar-refractivity contribution in [1.29, 1.82) is 0 Å². The first kappa shape index (κ1) is 26.8. The first-order chi connectivity index (χ1) is 18.8. The van der Waals surface area contributed by atoms with E-state index in [9.17, 15) is 13.2 Å². The average molecular weight is 550 g/mol. The summed E-state index contributed by atoms with van der Waals surface area (Å²) in [6.07, 6.45) is -0.259. The summed E-state index contributed by atoms with van der Waals surface area (Å²) in [6.45, 7) is 2.76. The number of unbranched alkanes of at least 4 members (excludes halogenated alkanes) is 3. The fraction of sp³-hybridized carbons (Fsp3) is 0.226. The van der Waals surface area contributed by atoms with E-state index in [0.29, 0.717) is 34.2 Å². The monoisotopic (exact) mass is 549 g/mol. The van der Waals surface area contributed by atoms with Crippen LogP contribution in [0.25, 0.3) is 39.2 Å². The lowest BCUT2D eigenvalue weighted by Gasteiger charge is -2.13. The maximum atomic E-state index is 14.6. The Balaban J connectivity index is 1.63. The highest BCUT2D eigenvalue weighted by Gasteiger charge is 2.36. The molecule has 0 unspecified atom stereocenters. The maximum absolute atomic E-state index is 14.6. The third-order valence-corrected chi connectivity index (χ3v) is 6.73. The number of benzene rings is 3. The summed E-state index contributed by atoms with van der Waals surface area (Å²) >= 11 is 6.04. The van der Waals surface area contributed by atoms with Crippen molar-refractivity contribution in [2.75, 3.05) is 6.61 Å². The first-order valence-electron chi connectivity index (χ1n) is 12.9. The number of nitrogens with zero attached hydrogens (tertiary/aromatic N) is 3. The number of hydrogen-bond donors (Lipinski definition) is 0. The minimum absolute atomic E-state index is 0.0653. The normalized spacial score (nSPS) is 11.7. The molecule has 39 heavy (non-hydrogen) atoms. The summed E-state index contributed by atoms with van der Waals surface area (Å²) in [5, 5.41) is 5.05. The van der Waals surface area contributed by atoms with Crippen molar-refractivity contribution in [3.05, 3.63) is 95.5 Å². The van der Waals surface area contributed by atoms with Crippen LogP contribution in [0.4, 0.5) is 13.2 Å². The second-order valence-corrected chi connectivity index (χ2v) is 9.72. The molecule has 0 aliphatic carbocycles. The largest absolute Gasteiger partial charge is 0.494 e. The van der Waals surface area contributed by atoms with Gasteiger partial charge in [0.1, 0.15) is 11.4 Å². The van der Waals surface area contributed by atoms with Crippen molar-refractivity contribution < 1.29 is 17.9 Å². The zero-order chi connectivity index (χ0) is 27.4. The summed E-state index contributed by atoms with van der Waals surface area (Å²) in [5.74, 6) is 0.673. The van der Waals surface area contributed by atoms with E-state index in [1.807, 2.05) is 6.07 Å². The molecular weight excluding hydrogens is 523 g/mol. The second-order valence-electron chi connectivity index (χ2n) is 9.29. The highest BCUT2D eigenvalue weighted by molar-refractivity contribution is 6.30. The van der Waals surface area contributed by atoms with Gasteiger partial charge in [0.25, 0.3) is 0 Å². The van der Waals surface area contributed by atoms with E-state index >= 15 is 0 Å². The van der Waals surface area contributed by atoms with E-state index in [-0.39, 0.29) is 22.4 Å². The summed E-state index contributed by atoms with van der Waals surface area (Å²) in [6, 6.07) is 23.7. The van der Waals surface area contributed by atoms with Gasteiger partial charge in [-0.25, -0.2) is 9.67 Å². The molecule has 3 aromatic carbocycles. The van der Waals surface area contributed by atoms with Gasteiger partial charge in [0.2, 0.25) is 0 Å². The summed E-state index contributed by atoms with van der Waals surface area (Å²) in [7, 11) is 0. The molecule has 0 atom stereocenters. The van der Waals surface area contributed by atoms with Crippen LogP contribution in [-0.4, -0.2) is 21.4 Å². The van der Waals surface area contributed by atoms with Gasteiger partial charge in [-0.15, -0.1) is 0 Å². The molecule has 2 heterocycles. The Hall–Kier alpha value is -3.84. The van der Waals surface area contributed by atoms with E-state index in [0.717, 1.165) is 31.7 Å². The van der Waals surface area contributed by atoms with Crippen LogP contribution in [0.1, 0.15) is 38.2 Å². The third kappa shape index (κ3) is 5.93. The SMILES string of the molecule is CCCCCCOc1ccc(-c2cc(C(F)(F)F)c3c(-c4ccc(Cl)cc4)nn(-c4ccccc4)c3n2)cc1. The summed E-state index contributed by atoms with van der Waals surface area (Å²) in [5.41, 5.74) is 1.37. The molecule has 8 heteroatoms. The fourth-order valence-electron chi connectivity index (χ4n) is 4.49. The molecule has 200 valence electrons. The summed E-state index contributed by atoms with van der Waals surface area (Å²) in [4.78, 5) is 4.72. The molecule has 0 amide bonds. The molecule has 0 aliphatic rings. The van der Waals surface area contributed by atoms with Gasteiger partial charge in [0.05, 0.1) is 28.9 Å². The standard InChI is InChI=1S/C31H27ClF3N3O/c1-2-3-4-8-19-39-25-17-13-21(14-18-25)27-20-26(31(33,34)35)28-29(22-11-15-23(32)16-12-22)37-38(30(28)36-27)24-9-6-5-7-10-24/h5-7,9-18,20H,2-4,8,19H2,1H3. The second kappa shape index (κ2) is 11.5. The van der Waals surface area contributed by atoms with Crippen LogP contribution in [-0.2, 0) is 6.18 Å². The minimum atomic E-state index is -4.64. The number of rotatable bonds is 9. The molecule has 0 aliphatic heterocycles. The lowest BCUT2D eigenvalue weighted by molar-refractivity contribution is -0.136. The van der Waals surface area contributed by atoms with E-state index in [1.165, 1.54) is 4.68 Å². The van der Waals surface area contributed by atoms with Crippen LogP contribution in [0.2, 0.25) is 5.02 Å². The van der Waals surface area contributed by atoms with Crippen molar-refractivity contribution in [2.45, 2.75) is 38.8 Å². The number of aromatic nitrogens is 3. The molecule has 0 radical (unpaired) electrons. The Morgan fingerprint density at radius 1 is 0.846 bits per heavy atom. The van der Waals surface area contributed by atoms with Gasteiger partial charge in [-0.3, -0.25) is 0 Å². The smallest absolute Gasteiger partial charge is 0.417 e. The predicted molar refractivity (Wildman–Crippen MR) is 149 cm³/mol. The Bertz CT molecular complexity index is 1550. The Morgan fingerprint density at radius 2 is 1.54 bits per heavy atom. The molecule has 0 fully saturated rings. The zero-order valence-corrected chi connectivity index (χ0v) is 22.1. The molecule has 5 aromatic rings. The molecule has 0 bridgehead atoms. The van der Waals surface area contributed by atoms with Crippen LogP contribution in [0.15, 0.2) is 84.9 Å². The van der Waals surface area contributed by atoms with E-state index in [2.05, 4.69) is 12.0 Å². The van der Waals surface area contributed by atoms with E-state index in [4.69, 9.17) is 21.3 Å². The van der Waals surface area contributed by atoms with E-state index < -0.39 is 11.7 Å². The van der Waals surface area contributed by atoms with Crippen molar-refractivity contribution >= 4 is 22.6 Å². The quantitative estimate of drug-likeness (QED) is 0.172. The highest BCUT2D eigenvalue weighted by atomic mass is 35.5. The zero-order valence-electron chi connectivity index (χ0n) is 21.4. The molecule has 0 saturated carbocycles. The number of pyridine rings is 1. The molecule has 0 N–H and O–H groups in total. The average Bonchev–Trinajstić information content (AvgIpc) is 3.33.